The molecule has 0 spiro atoms. The Balaban J connectivity index is 2.19. The Bertz CT molecular complexity index is 895. The molecule has 3 aromatic rings. The number of carbonyl (C=O) groups is 1. The minimum Gasteiger partial charge on any atom is -0.294 e. The molecule has 0 saturated carbocycles. The molecule has 0 N–H and O–H groups in total. The van der Waals surface area contributed by atoms with E-state index in [2.05, 4.69) is 10.2 Å². The van der Waals surface area contributed by atoms with Crippen molar-refractivity contribution in [2.45, 2.75) is 20.0 Å². The van der Waals surface area contributed by atoms with E-state index in [1.54, 1.807) is 19.1 Å². The van der Waals surface area contributed by atoms with Crippen LogP contribution in [0, 0.1) is 6.92 Å². The van der Waals surface area contributed by atoms with Gasteiger partial charge in [-0.1, -0.05) is 12.1 Å². The van der Waals surface area contributed by atoms with Crippen LogP contribution in [0.15, 0.2) is 36.4 Å². The SMILES string of the molecule is CC(=O)c1c(-c2ccc(C(F)(F)F)cc2)nn2nc(C)ccc12. The molecule has 0 unspecified atom stereocenters. The predicted octanol–water partition coefficient (Wildman–Crippen LogP) is 3.93. The van der Waals surface area contributed by atoms with Crippen LogP contribution in [0.3, 0.4) is 0 Å². The van der Waals surface area contributed by atoms with Crippen LogP contribution < -0.4 is 0 Å². The maximum Gasteiger partial charge on any atom is 0.416 e. The third kappa shape index (κ3) is 2.69. The summed E-state index contributed by atoms with van der Waals surface area (Å²) in [4.78, 5) is 12.0. The van der Waals surface area contributed by atoms with Gasteiger partial charge < -0.3 is 0 Å². The summed E-state index contributed by atoms with van der Waals surface area (Å²) in [6.45, 7) is 3.18. The van der Waals surface area contributed by atoms with E-state index in [4.69, 9.17) is 0 Å². The molecule has 2 aromatic heterocycles. The van der Waals surface area contributed by atoms with Crippen LogP contribution in [0.25, 0.3) is 16.8 Å². The average molecular weight is 319 g/mol. The monoisotopic (exact) mass is 319 g/mol. The Labute approximate surface area is 129 Å². The molecule has 0 fully saturated rings. The molecule has 23 heavy (non-hydrogen) atoms. The number of nitrogens with zero attached hydrogens (tertiary/aromatic N) is 3. The number of benzene rings is 1. The molecule has 2 heterocycles. The fraction of sp³-hybridized carbons (Fsp3) is 0.188. The number of aromatic nitrogens is 3. The smallest absolute Gasteiger partial charge is 0.294 e. The van der Waals surface area contributed by atoms with Crippen LogP contribution in [-0.4, -0.2) is 20.6 Å². The Morgan fingerprint density at radius 1 is 1.04 bits per heavy atom. The summed E-state index contributed by atoms with van der Waals surface area (Å²) in [5.74, 6) is -0.222. The molecule has 0 amide bonds. The number of alkyl halides is 3. The predicted molar refractivity (Wildman–Crippen MR) is 78.2 cm³/mol. The minimum absolute atomic E-state index is 0.222. The maximum atomic E-state index is 12.7. The van der Waals surface area contributed by atoms with Gasteiger partial charge in [0.15, 0.2) is 5.78 Å². The zero-order chi connectivity index (χ0) is 16.8. The average Bonchev–Trinajstić information content (AvgIpc) is 2.85. The maximum absolute atomic E-state index is 12.7. The molecule has 0 radical (unpaired) electrons. The first kappa shape index (κ1) is 15.2. The van der Waals surface area contributed by atoms with Crippen LogP contribution in [-0.2, 0) is 6.18 Å². The van der Waals surface area contributed by atoms with Crippen LogP contribution in [0.4, 0.5) is 13.2 Å². The molecule has 0 aliphatic rings. The lowest BCUT2D eigenvalue weighted by Gasteiger charge is -2.07. The third-order valence-electron chi connectivity index (χ3n) is 3.48. The second-order valence-corrected chi connectivity index (χ2v) is 5.20. The molecular formula is C16H12F3N3O. The van der Waals surface area contributed by atoms with Crippen molar-refractivity contribution in [1.29, 1.82) is 0 Å². The third-order valence-corrected chi connectivity index (χ3v) is 3.48. The molecule has 7 heteroatoms. The van der Waals surface area contributed by atoms with Crippen molar-refractivity contribution in [2.75, 3.05) is 0 Å². The Hall–Kier alpha value is -2.70. The van der Waals surface area contributed by atoms with Crippen LogP contribution in [0.2, 0.25) is 0 Å². The number of carbonyl (C=O) groups excluding carboxylic acids is 1. The van der Waals surface area contributed by atoms with Crippen LogP contribution >= 0.6 is 0 Å². The van der Waals surface area contributed by atoms with E-state index in [1.165, 1.54) is 23.7 Å². The van der Waals surface area contributed by atoms with Crippen molar-refractivity contribution in [3.05, 3.63) is 53.2 Å². The molecule has 0 atom stereocenters. The molecule has 118 valence electrons. The number of aryl methyl sites for hydroxylation is 1. The molecule has 3 rings (SSSR count). The largest absolute Gasteiger partial charge is 0.416 e. The normalized spacial score (nSPS) is 11.9. The summed E-state index contributed by atoms with van der Waals surface area (Å²) in [6, 6.07) is 8.04. The number of rotatable bonds is 2. The zero-order valence-corrected chi connectivity index (χ0v) is 12.3. The highest BCUT2D eigenvalue weighted by atomic mass is 19.4. The summed E-state index contributed by atoms with van der Waals surface area (Å²) >= 11 is 0. The van der Waals surface area contributed by atoms with E-state index in [0.29, 0.717) is 28.0 Å². The highest BCUT2D eigenvalue weighted by molar-refractivity contribution is 6.06. The highest BCUT2D eigenvalue weighted by Gasteiger charge is 2.30. The van der Waals surface area contributed by atoms with Crippen molar-refractivity contribution >= 4 is 11.3 Å². The van der Waals surface area contributed by atoms with Crippen molar-refractivity contribution in [1.82, 2.24) is 14.8 Å². The minimum atomic E-state index is -4.40. The van der Waals surface area contributed by atoms with Gasteiger partial charge in [0.1, 0.15) is 5.69 Å². The highest BCUT2D eigenvalue weighted by Crippen LogP contribution is 2.32. The van der Waals surface area contributed by atoms with Gasteiger partial charge in [-0.05, 0) is 38.1 Å². The van der Waals surface area contributed by atoms with E-state index >= 15 is 0 Å². The summed E-state index contributed by atoms with van der Waals surface area (Å²) in [7, 11) is 0. The number of fused-ring (bicyclic) bond motifs is 1. The van der Waals surface area contributed by atoms with Gasteiger partial charge >= 0.3 is 6.18 Å². The summed E-state index contributed by atoms with van der Waals surface area (Å²) in [5.41, 5.74) is 1.60. The van der Waals surface area contributed by atoms with Gasteiger partial charge in [-0.3, -0.25) is 4.79 Å². The first-order valence-corrected chi connectivity index (χ1v) is 6.82. The molecule has 0 saturated heterocycles. The van der Waals surface area contributed by atoms with Gasteiger partial charge in [-0.25, -0.2) is 0 Å². The lowest BCUT2D eigenvalue weighted by molar-refractivity contribution is -0.137. The zero-order valence-electron chi connectivity index (χ0n) is 12.3. The Morgan fingerprint density at radius 3 is 2.26 bits per heavy atom. The first-order chi connectivity index (χ1) is 10.8. The second kappa shape index (κ2) is 5.19. The number of hydrogen-bond donors (Lipinski definition) is 0. The van der Waals surface area contributed by atoms with Gasteiger partial charge in [0.2, 0.25) is 0 Å². The fourth-order valence-electron chi connectivity index (χ4n) is 2.39. The van der Waals surface area contributed by atoms with E-state index in [0.717, 1.165) is 12.1 Å². The van der Waals surface area contributed by atoms with Gasteiger partial charge in [0.25, 0.3) is 0 Å². The molecule has 4 nitrogen and oxygen atoms in total. The summed E-state index contributed by atoms with van der Waals surface area (Å²) in [6.07, 6.45) is -4.40. The molecule has 1 aromatic carbocycles. The van der Waals surface area contributed by atoms with Crippen molar-refractivity contribution in [2.24, 2.45) is 0 Å². The standard InChI is InChI=1S/C16H12F3N3O/c1-9-3-8-13-14(10(2)23)15(21-22(13)20-9)11-4-6-12(7-5-11)16(17,18)19/h3-8H,1-2H3. The van der Waals surface area contributed by atoms with E-state index < -0.39 is 11.7 Å². The van der Waals surface area contributed by atoms with Gasteiger partial charge in [-0.2, -0.15) is 22.9 Å². The van der Waals surface area contributed by atoms with Crippen LogP contribution in [0.1, 0.15) is 28.5 Å². The van der Waals surface area contributed by atoms with Crippen molar-refractivity contribution in [3.63, 3.8) is 0 Å². The second-order valence-electron chi connectivity index (χ2n) is 5.20. The van der Waals surface area contributed by atoms with Gasteiger partial charge in [0.05, 0.1) is 22.3 Å². The van der Waals surface area contributed by atoms with Crippen LogP contribution in [0.5, 0.6) is 0 Å². The number of ketones is 1. The first-order valence-electron chi connectivity index (χ1n) is 6.82. The Kier molecular flexibility index (Phi) is 3.43. The van der Waals surface area contributed by atoms with Crippen molar-refractivity contribution < 1.29 is 18.0 Å². The summed E-state index contributed by atoms with van der Waals surface area (Å²) < 4.78 is 39.3. The number of hydrogen-bond acceptors (Lipinski definition) is 3. The van der Waals surface area contributed by atoms with E-state index in [1.807, 2.05) is 0 Å². The molecular weight excluding hydrogens is 307 g/mol. The topological polar surface area (TPSA) is 47.3 Å². The molecule has 0 aliphatic heterocycles. The number of Topliss-reactive ketones (excluding diaryl/α,β-unsaturated/α-hetero) is 1. The van der Waals surface area contributed by atoms with Crippen molar-refractivity contribution in [3.8, 4) is 11.3 Å². The van der Waals surface area contributed by atoms with Gasteiger partial charge in [0, 0.05) is 5.56 Å². The quantitative estimate of drug-likeness (QED) is 0.673. The van der Waals surface area contributed by atoms with E-state index in [-0.39, 0.29) is 5.78 Å². The van der Waals surface area contributed by atoms with E-state index in [9.17, 15) is 18.0 Å². The van der Waals surface area contributed by atoms with Gasteiger partial charge in [-0.15, -0.1) is 5.10 Å². The Morgan fingerprint density at radius 2 is 1.70 bits per heavy atom. The molecule has 0 bridgehead atoms. The lowest BCUT2D eigenvalue weighted by atomic mass is 10.0. The fourth-order valence-corrected chi connectivity index (χ4v) is 2.39. The molecule has 0 aliphatic carbocycles. The number of halogens is 3. The lowest BCUT2D eigenvalue weighted by Crippen LogP contribution is -2.04. The summed E-state index contributed by atoms with van der Waals surface area (Å²) in [5, 5.41) is 8.46.